The number of rotatable bonds is 8. The molecule has 1 aromatic heterocycles. The molecule has 4 rings (SSSR count). The summed E-state index contributed by atoms with van der Waals surface area (Å²) >= 11 is 1.39. The lowest BCUT2D eigenvalue weighted by molar-refractivity contribution is -0.138. The van der Waals surface area contributed by atoms with E-state index >= 15 is 0 Å². The van der Waals surface area contributed by atoms with E-state index in [1.54, 1.807) is 5.38 Å². The van der Waals surface area contributed by atoms with Crippen molar-refractivity contribution in [2.24, 2.45) is 0 Å². The molecule has 0 saturated carbocycles. The number of thiazole rings is 1. The lowest BCUT2D eigenvalue weighted by atomic mass is 9.96. The van der Waals surface area contributed by atoms with E-state index in [1.165, 1.54) is 34.4 Å². The number of likely N-dealkylation sites (tertiary alicyclic amines) is 1. The summed E-state index contributed by atoms with van der Waals surface area (Å²) in [7, 11) is 0. The summed E-state index contributed by atoms with van der Waals surface area (Å²) < 4.78 is 45.6. The number of nitrogens with zero attached hydrogens (tertiary/aromatic N) is 2. The number of carbonyl (C=O) groups excluding carboxylic acids is 2. The second kappa shape index (κ2) is 11.8. The average Bonchev–Trinajstić information content (AvgIpc) is 3.40. The molecule has 196 valence electrons. The van der Waals surface area contributed by atoms with Crippen LogP contribution in [0.3, 0.4) is 0 Å². The number of piperidine rings is 1. The molecular formula is C27H28F3N3O3S. The van der Waals surface area contributed by atoms with Crippen LogP contribution in [0.25, 0.3) is 0 Å². The number of para-hydroxylation sites is 1. The first-order chi connectivity index (χ1) is 17.8. The third kappa shape index (κ3) is 6.49. The second-order valence-electron chi connectivity index (χ2n) is 8.73. The molecule has 6 nitrogen and oxygen atoms in total. The number of nitrogens with one attached hydrogen (secondary N) is 1. The zero-order valence-electron chi connectivity index (χ0n) is 20.4. The van der Waals surface area contributed by atoms with Crippen LogP contribution < -0.4 is 10.1 Å². The Bertz CT molecular complexity index is 1240. The van der Waals surface area contributed by atoms with E-state index < -0.39 is 17.6 Å². The summed E-state index contributed by atoms with van der Waals surface area (Å²) in [6.07, 6.45) is -2.82. The van der Waals surface area contributed by atoms with Crippen molar-refractivity contribution in [1.82, 2.24) is 15.2 Å². The van der Waals surface area contributed by atoms with Gasteiger partial charge in [0.15, 0.2) is 0 Å². The van der Waals surface area contributed by atoms with Crippen LogP contribution in [-0.4, -0.2) is 47.9 Å². The van der Waals surface area contributed by atoms with Gasteiger partial charge in [0, 0.05) is 30.9 Å². The topological polar surface area (TPSA) is 71.5 Å². The molecule has 0 spiro atoms. The van der Waals surface area contributed by atoms with E-state index in [0.717, 1.165) is 22.4 Å². The van der Waals surface area contributed by atoms with Crippen LogP contribution in [0, 0.1) is 0 Å². The van der Waals surface area contributed by atoms with Gasteiger partial charge in [0.2, 0.25) is 0 Å². The predicted octanol–water partition coefficient (Wildman–Crippen LogP) is 5.55. The van der Waals surface area contributed by atoms with Crippen LogP contribution in [-0.2, 0) is 12.6 Å². The van der Waals surface area contributed by atoms with Gasteiger partial charge >= 0.3 is 6.18 Å². The van der Waals surface area contributed by atoms with Crippen LogP contribution in [0.5, 0.6) is 5.75 Å². The first kappa shape index (κ1) is 26.7. The number of aromatic nitrogens is 1. The number of alkyl halides is 3. The molecule has 10 heteroatoms. The predicted molar refractivity (Wildman–Crippen MR) is 135 cm³/mol. The van der Waals surface area contributed by atoms with E-state index in [4.69, 9.17) is 4.74 Å². The van der Waals surface area contributed by atoms with Crippen molar-refractivity contribution in [3.8, 4) is 5.75 Å². The number of carbonyl (C=O) groups is 2. The number of amides is 2. The van der Waals surface area contributed by atoms with Crippen molar-refractivity contribution in [3.63, 3.8) is 0 Å². The maximum absolute atomic E-state index is 13.3. The van der Waals surface area contributed by atoms with Crippen molar-refractivity contribution >= 4 is 23.2 Å². The van der Waals surface area contributed by atoms with Crippen molar-refractivity contribution in [1.29, 1.82) is 0 Å². The minimum absolute atomic E-state index is 0.0477. The molecule has 37 heavy (non-hydrogen) atoms. The van der Waals surface area contributed by atoms with Crippen molar-refractivity contribution in [2.45, 2.75) is 38.3 Å². The Morgan fingerprint density at radius 3 is 2.54 bits per heavy atom. The van der Waals surface area contributed by atoms with Gasteiger partial charge < -0.3 is 15.0 Å². The van der Waals surface area contributed by atoms with Crippen LogP contribution >= 0.6 is 11.3 Å². The van der Waals surface area contributed by atoms with Gasteiger partial charge in [-0.15, -0.1) is 11.3 Å². The number of benzene rings is 2. The van der Waals surface area contributed by atoms with Gasteiger partial charge in [0.05, 0.1) is 22.7 Å². The Hall–Kier alpha value is -3.40. The fraction of sp³-hybridized carbons (Fsp3) is 0.370. The summed E-state index contributed by atoms with van der Waals surface area (Å²) in [4.78, 5) is 31.4. The summed E-state index contributed by atoms with van der Waals surface area (Å²) in [5.41, 5.74) is 0.114. The SMILES string of the molecule is CCOc1ccccc1CCNC(=O)c1csc(C2CCN(C(=O)c3ccccc3C(F)(F)F)CC2)n1. The Morgan fingerprint density at radius 2 is 1.81 bits per heavy atom. The molecule has 1 fully saturated rings. The van der Waals surface area contributed by atoms with Gasteiger partial charge in [-0.2, -0.15) is 13.2 Å². The molecule has 1 aliphatic heterocycles. The minimum Gasteiger partial charge on any atom is -0.494 e. The smallest absolute Gasteiger partial charge is 0.417 e. The van der Waals surface area contributed by atoms with E-state index in [1.807, 2.05) is 31.2 Å². The molecule has 2 heterocycles. The summed E-state index contributed by atoms with van der Waals surface area (Å²) in [5, 5.41) is 5.41. The van der Waals surface area contributed by atoms with Crippen molar-refractivity contribution in [2.75, 3.05) is 26.2 Å². The maximum Gasteiger partial charge on any atom is 0.417 e. The Morgan fingerprint density at radius 1 is 1.11 bits per heavy atom. The van der Waals surface area contributed by atoms with Crippen LogP contribution in [0.2, 0.25) is 0 Å². The quantitative estimate of drug-likeness (QED) is 0.414. The van der Waals surface area contributed by atoms with Crippen LogP contribution in [0.1, 0.15) is 62.7 Å². The van der Waals surface area contributed by atoms with Gasteiger partial charge in [-0.1, -0.05) is 30.3 Å². The number of hydrogen-bond acceptors (Lipinski definition) is 5. The third-order valence-corrected chi connectivity index (χ3v) is 7.31. The second-order valence-corrected chi connectivity index (χ2v) is 9.62. The summed E-state index contributed by atoms with van der Waals surface area (Å²) in [6.45, 7) is 3.59. The molecule has 1 saturated heterocycles. The summed E-state index contributed by atoms with van der Waals surface area (Å²) in [5.74, 6) is -0.0160. The third-order valence-electron chi connectivity index (χ3n) is 6.30. The standard InChI is InChI=1S/C27H28F3N3O3S/c1-2-36-23-10-6-3-7-18(23)11-14-31-24(34)22-17-37-25(32-22)19-12-15-33(16-13-19)26(35)20-8-4-5-9-21(20)27(28,29)30/h3-10,17,19H,2,11-16H2,1H3,(H,31,34). The first-order valence-electron chi connectivity index (χ1n) is 12.2. The Labute approximate surface area is 217 Å². The van der Waals surface area contributed by atoms with E-state index in [0.29, 0.717) is 51.2 Å². The molecule has 2 amide bonds. The molecular weight excluding hydrogens is 503 g/mol. The zero-order chi connectivity index (χ0) is 26.4. The van der Waals surface area contributed by atoms with Crippen molar-refractivity contribution < 1.29 is 27.5 Å². The van der Waals surface area contributed by atoms with Gasteiger partial charge in [-0.3, -0.25) is 9.59 Å². The average molecular weight is 532 g/mol. The van der Waals surface area contributed by atoms with Crippen LogP contribution in [0.15, 0.2) is 53.9 Å². The van der Waals surface area contributed by atoms with Gasteiger partial charge in [0.25, 0.3) is 11.8 Å². The largest absolute Gasteiger partial charge is 0.494 e. The zero-order valence-corrected chi connectivity index (χ0v) is 21.2. The van der Waals surface area contributed by atoms with E-state index in [9.17, 15) is 22.8 Å². The molecule has 0 atom stereocenters. The molecule has 0 radical (unpaired) electrons. The number of ether oxygens (including phenoxy) is 1. The minimum atomic E-state index is -4.59. The molecule has 0 aliphatic carbocycles. The van der Waals surface area contributed by atoms with Gasteiger partial charge in [-0.05, 0) is 49.9 Å². The molecule has 0 unspecified atom stereocenters. The first-order valence-corrected chi connectivity index (χ1v) is 13.1. The molecule has 1 aliphatic rings. The van der Waals surface area contributed by atoms with Gasteiger partial charge in [0.1, 0.15) is 11.4 Å². The lowest BCUT2D eigenvalue weighted by Crippen LogP contribution is -2.38. The van der Waals surface area contributed by atoms with E-state index in [2.05, 4.69) is 10.3 Å². The number of hydrogen-bond donors (Lipinski definition) is 1. The molecule has 1 N–H and O–H groups in total. The number of halogens is 3. The summed E-state index contributed by atoms with van der Waals surface area (Å²) in [6, 6.07) is 12.6. The molecule has 3 aromatic rings. The highest BCUT2D eigenvalue weighted by atomic mass is 32.1. The van der Waals surface area contributed by atoms with Gasteiger partial charge in [-0.25, -0.2) is 4.98 Å². The Balaban J connectivity index is 1.30. The molecule has 0 bridgehead atoms. The molecule has 2 aromatic carbocycles. The highest BCUT2D eigenvalue weighted by Crippen LogP contribution is 2.34. The van der Waals surface area contributed by atoms with Crippen molar-refractivity contribution in [3.05, 3.63) is 81.3 Å². The monoisotopic (exact) mass is 531 g/mol. The lowest BCUT2D eigenvalue weighted by Gasteiger charge is -2.31. The highest BCUT2D eigenvalue weighted by Gasteiger charge is 2.36. The Kier molecular flexibility index (Phi) is 8.48. The normalized spacial score (nSPS) is 14.4. The maximum atomic E-state index is 13.3. The van der Waals surface area contributed by atoms with Crippen LogP contribution in [0.4, 0.5) is 13.2 Å². The fourth-order valence-corrected chi connectivity index (χ4v) is 5.38. The highest BCUT2D eigenvalue weighted by molar-refractivity contribution is 7.09. The fourth-order valence-electron chi connectivity index (χ4n) is 4.40. The van der Waals surface area contributed by atoms with E-state index in [-0.39, 0.29) is 17.4 Å².